The van der Waals surface area contributed by atoms with Gasteiger partial charge in [0.2, 0.25) is 5.91 Å². The number of hydrogen-bond donors (Lipinski definition) is 2. The van der Waals surface area contributed by atoms with Crippen molar-refractivity contribution in [3.05, 3.63) is 94.5 Å². The van der Waals surface area contributed by atoms with E-state index < -0.39 is 17.8 Å². The average molecular weight is 494 g/mol. The third kappa shape index (κ3) is 5.25. The van der Waals surface area contributed by atoms with Crippen molar-refractivity contribution in [1.82, 2.24) is 5.32 Å². The van der Waals surface area contributed by atoms with Crippen LogP contribution in [0, 0.1) is 0 Å². The molecule has 2 N–H and O–H groups in total. The van der Waals surface area contributed by atoms with Crippen LogP contribution in [0.4, 0.5) is 11.4 Å². The summed E-state index contributed by atoms with van der Waals surface area (Å²) >= 11 is 6.18. The lowest BCUT2D eigenvalue weighted by Gasteiger charge is -2.16. The minimum absolute atomic E-state index is 0.0934. The van der Waals surface area contributed by atoms with Crippen LogP contribution in [0.15, 0.2) is 82.1 Å². The Morgan fingerprint density at radius 1 is 1.03 bits per heavy atom. The lowest BCUT2D eigenvalue weighted by molar-refractivity contribution is -0.121. The molecule has 0 aliphatic carbocycles. The van der Waals surface area contributed by atoms with Crippen LogP contribution in [0.3, 0.4) is 0 Å². The van der Waals surface area contributed by atoms with Crippen LogP contribution >= 0.6 is 11.6 Å². The summed E-state index contributed by atoms with van der Waals surface area (Å²) in [7, 11) is 1.24. The van der Waals surface area contributed by atoms with Gasteiger partial charge in [-0.05, 0) is 48.0 Å². The number of hydrogen-bond acceptors (Lipinski definition) is 7. The van der Waals surface area contributed by atoms with Crippen LogP contribution < -0.4 is 15.5 Å². The lowest BCUT2D eigenvalue weighted by atomic mass is 10.1. The Morgan fingerprint density at radius 2 is 1.80 bits per heavy atom. The highest BCUT2D eigenvalue weighted by atomic mass is 35.5. The topological polar surface area (TPSA) is 118 Å². The maximum absolute atomic E-state index is 13.0. The van der Waals surface area contributed by atoms with Gasteiger partial charge < -0.3 is 19.8 Å². The molecule has 0 radical (unpaired) electrons. The lowest BCUT2D eigenvalue weighted by Crippen LogP contribution is -2.32. The highest BCUT2D eigenvalue weighted by Gasteiger charge is 2.39. The number of carbonyl (C=O) groups excluding carboxylic acids is 4. The molecule has 0 bridgehead atoms. The molecule has 35 heavy (non-hydrogen) atoms. The van der Waals surface area contributed by atoms with Crippen molar-refractivity contribution in [3.63, 3.8) is 0 Å². The quantitative estimate of drug-likeness (QED) is 0.365. The monoisotopic (exact) mass is 493 g/mol. The van der Waals surface area contributed by atoms with E-state index in [4.69, 9.17) is 16.0 Å². The molecule has 3 aromatic rings. The first kappa shape index (κ1) is 23.8. The van der Waals surface area contributed by atoms with E-state index in [9.17, 15) is 19.2 Å². The molecule has 1 aliphatic heterocycles. The molecule has 1 aliphatic rings. The molecule has 0 atom stereocenters. The Morgan fingerprint density at radius 3 is 2.49 bits per heavy atom. The second-order valence-corrected chi connectivity index (χ2v) is 7.91. The van der Waals surface area contributed by atoms with E-state index in [-0.39, 0.29) is 34.3 Å². The maximum atomic E-state index is 13.0. The van der Waals surface area contributed by atoms with E-state index in [0.717, 1.165) is 10.5 Å². The summed E-state index contributed by atoms with van der Waals surface area (Å²) in [6, 6.07) is 16.2. The van der Waals surface area contributed by atoms with E-state index >= 15 is 0 Å². The molecular formula is C25H20ClN3O6. The van der Waals surface area contributed by atoms with E-state index in [1.165, 1.54) is 37.6 Å². The first-order chi connectivity index (χ1) is 16.9. The van der Waals surface area contributed by atoms with E-state index in [1.54, 1.807) is 36.4 Å². The van der Waals surface area contributed by atoms with Crippen molar-refractivity contribution < 1.29 is 28.3 Å². The Balaban J connectivity index is 1.41. The predicted octanol–water partition coefficient (Wildman–Crippen LogP) is 3.36. The number of imide groups is 1. The number of nitrogens with one attached hydrogen (secondary N) is 2. The predicted molar refractivity (Wildman–Crippen MR) is 127 cm³/mol. The largest absolute Gasteiger partial charge is 0.467 e. The molecule has 0 unspecified atom stereocenters. The van der Waals surface area contributed by atoms with Gasteiger partial charge in [0.1, 0.15) is 16.5 Å². The zero-order chi connectivity index (χ0) is 24.9. The minimum atomic E-state index is -0.717. The molecule has 2 aromatic carbocycles. The second-order valence-electron chi connectivity index (χ2n) is 7.53. The highest BCUT2D eigenvalue weighted by molar-refractivity contribution is 6.53. The third-order valence-electron chi connectivity index (χ3n) is 5.18. The van der Waals surface area contributed by atoms with Crippen molar-refractivity contribution in [2.45, 2.75) is 13.0 Å². The van der Waals surface area contributed by atoms with Crippen LogP contribution in [-0.4, -0.2) is 30.8 Å². The van der Waals surface area contributed by atoms with E-state index in [1.807, 2.05) is 0 Å². The van der Waals surface area contributed by atoms with Crippen LogP contribution in [0.5, 0.6) is 0 Å². The van der Waals surface area contributed by atoms with Crippen molar-refractivity contribution >= 4 is 46.7 Å². The van der Waals surface area contributed by atoms with Crippen molar-refractivity contribution in [2.24, 2.45) is 0 Å². The number of amides is 3. The van der Waals surface area contributed by atoms with Gasteiger partial charge in [0.05, 0.1) is 37.6 Å². The Hall–Kier alpha value is -4.37. The molecule has 3 amide bonds. The fraction of sp³-hybridized carbons (Fsp3) is 0.120. The van der Waals surface area contributed by atoms with Crippen molar-refractivity contribution in [2.75, 3.05) is 17.3 Å². The summed E-state index contributed by atoms with van der Waals surface area (Å²) in [6.07, 6.45) is 1.70. The zero-order valence-corrected chi connectivity index (χ0v) is 19.3. The van der Waals surface area contributed by atoms with Gasteiger partial charge >= 0.3 is 5.97 Å². The van der Waals surface area contributed by atoms with Gasteiger partial charge in [-0.1, -0.05) is 29.8 Å². The average Bonchev–Trinajstić information content (AvgIpc) is 3.46. The molecule has 0 spiro atoms. The summed E-state index contributed by atoms with van der Waals surface area (Å²) in [6.45, 7) is 0.299. The SMILES string of the molecule is COC(=O)c1cccc(N2C(=O)C(Cl)=C(Nc3ccc(CC(=O)NCc4ccco4)cc3)C2=O)c1. The molecule has 0 fully saturated rings. The van der Waals surface area contributed by atoms with Crippen LogP contribution in [0.1, 0.15) is 21.7 Å². The van der Waals surface area contributed by atoms with E-state index in [0.29, 0.717) is 18.0 Å². The number of carbonyl (C=O) groups is 4. The molecule has 0 saturated heterocycles. The normalized spacial score (nSPS) is 13.3. The highest BCUT2D eigenvalue weighted by Crippen LogP contribution is 2.30. The number of halogens is 1. The smallest absolute Gasteiger partial charge is 0.337 e. The molecule has 178 valence electrons. The second kappa shape index (κ2) is 10.3. The van der Waals surface area contributed by atoms with Crippen molar-refractivity contribution in [1.29, 1.82) is 0 Å². The molecule has 10 heteroatoms. The van der Waals surface area contributed by atoms with Gasteiger partial charge in [0.25, 0.3) is 11.8 Å². The number of anilines is 2. The summed E-state index contributed by atoms with van der Waals surface area (Å²) in [5.41, 5.74) is 1.54. The van der Waals surface area contributed by atoms with Crippen LogP contribution in [-0.2, 0) is 32.1 Å². The molecule has 9 nitrogen and oxygen atoms in total. The van der Waals surface area contributed by atoms with Gasteiger partial charge in [-0.25, -0.2) is 9.69 Å². The molecule has 1 aromatic heterocycles. The van der Waals surface area contributed by atoms with Crippen LogP contribution in [0.2, 0.25) is 0 Å². The number of rotatable bonds is 8. The number of benzene rings is 2. The minimum Gasteiger partial charge on any atom is -0.467 e. The number of methoxy groups -OCH3 is 1. The Bertz CT molecular complexity index is 1320. The summed E-state index contributed by atoms with van der Waals surface area (Å²) in [5, 5.41) is 5.37. The summed E-state index contributed by atoms with van der Waals surface area (Å²) in [5.74, 6) is -1.49. The summed E-state index contributed by atoms with van der Waals surface area (Å²) in [4.78, 5) is 50.5. The zero-order valence-electron chi connectivity index (χ0n) is 18.5. The summed E-state index contributed by atoms with van der Waals surface area (Å²) < 4.78 is 9.87. The number of esters is 1. The van der Waals surface area contributed by atoms with Gasteiger partial charge in [0, 0.05) is 5.69 Å². The molecular weight excluding hydrogens is 474 g/mol. The molecule has 4 rings (SSSR count). The Labute approximate surface area is 205 Å². The molecule has 0 saturated carbocycles. The Kier molecular flexibility index (Phi) is 6.98. The van der Waals surface area contributed by atoms with Gasteiger partial charge in [0.15, 0.2) is 0 Å². The molecule has 2 heterocycles. The van der Waals surface area contributed by atoms with Crippen LogP contribution in [0.25, 0.3) is 0 Å². The van der Waals surface area contributed by atoms with E-state index in [2.05, 4.69) is 15.4 Å². The fourth-order valence-electron chi connectivity index (χ4n) is 3.43. The van der Waals surface area contributed by atoms with Gasteiger partial charge in [-0.15, -0.1) is 0 Å². The number of ether oxygens (including phenoxy) is 1. The number of nitrogens with zero attached hydrogens (tertiary/aromatic N) is 1. The first-order valence-corrected chi connectivity index (χ1v) is 10.9. The van der Waals surface area contributed by atoms with Gasteiger partial charge in [-0.2, -0.15) is 0 Å². The van der Waals surface area contributed by atoms with Gasteiger partial charge in [-0.3, -0.25) is 14.4 Å². The first-order valence-electron chi connectivity index (χ1n) is 10.5. The third-order valence-corrected chi connectivity index (χ3v) is 5.53. The maximum Gasteiger partial charge on any atom is 0.337 e. The number of furan rings is 1. The fourth-order valence-corrected chi connectivity index (χ4v) is 3.65. The van der Waals surface area contributed by atoms with Crippen molar-refractivity contribution in [3.8, 4) is 0 Å². The standard InChI is InChI=1S/C25H20ClN3O6/c1-34-25(33)16-4-2-5-18(13-16)29-23(31)21(26)22(24(29)32)28-17-9-7-15(8-10-17)12-20(30)27-14-19-6-3-11-35-19/h2-11,13,28H,12,14H2,1H3,(H,27,30).